The van der Waals surface area contributed by atoms with Gasteiger partial charge in [-0.25, -0.2) is 0 Å². The molecule has 0 aromatic carbocycles. The van der Waals surface area contributed by atoms with Gasteiger partial charge >= 0.3 is 0 Å². The average Bonchev–Trinajstić information content (AvgIpc) is 3.03. The molecule has 2 nitrogen and oxygen atoms in total. The van der Waals surface area contributed by atoms with Crippen molar-refractivity contribution >= 4 is 20.5 Å². The van der Waals surface area contributed by atoms with Crippen molar-refractivity contribution in [3.8, 4) is 0 Å². The Bertz CT molecular complexity index is 576. The van der Waals surface area contributed by atoms with Crippen LogP contribution in [0.2, 0.25) is 5.31 Å². The molecule has 2 aliphatic carbocycles. The molecule has 5 unspecified atom stereocenters. The van der Waals surface area contributed by atoms with E-state index < -0.39 is 4.93 Å². The van der Waals surface area contributed by atoms with Crippen LogP contribution in [0.3, 0.4) is 0 Å². The maximum Gasteiger partial charge on any atom is 0.140 e. The van der Waals surface area contributed by atoms with E-state index in [0.29, 0.717) is 24.4 Å². The first-order valence-electron chi connectivity index (χ1n) is 9.03. The van der Waals surface area contributed by atoms with Crippen LogP contribution in [-0.4, -0.2) is 25.0 Å². The summed E-state index contributed by atoms with van der Waals surface area (Å²) in [5, 5.41) is -0.0254. The van der Waals surface area contributed by atoms with Gasteiger partial charge in [-0.3, -0.25) is 0 Å². The molecule has 4 aliphatic rings. The van der Waals surface area contributed by atoms with Gasteiger partial charge in [-0.05, 0) is 43.6 Å². The molecule has 6 atom stereocenters. The standard InChI is InChI=1S/C19H27BO2S/c1-12-5-4-6-15-16-11-19(23,14-7-10-21-13(14)2)22-17(16,3)8-9-18(12,15)20/h7,12,15-16,23H,2,4-6,8-11H2,1,3H3/t12?,15?,16?,17?,18-,19?/m0/s1. The Morgan fingerprint density at radius 2 is 2.09 bits per heavy atom. The average molecular weight is 330 g/mol. The number of ether oxygens (including phenoxy) is 2. The Morgan fingerprint density at radius 3 is 2.78 bits per heavy atom. The third kappa shape index (κ3) is 2.20. The predicted octanol–water partition coefficient (Wildman–Crippen LogP) is 4.44. The molecule has 2 saturated carbocycles. The van der Waals surface area contributed by atoms with Gasteiger partial charge in [0.25, 0.3) is 0 Å². The molecular formula is C19H27BO2S. The first kappa shape index (κ1) is 16.1. The minimum Gasteiger partial charge on any atom is -0.490 e. The Labute approximate surface area is 146 Å². The molecule has 0 amide bonds. The second-order valence-electron chi connectivity index (χ2n) is 8.41. The van der Waals surface area contributed by atoms with Crippen LogP contribution in [0.25, 0.3) is 0 Å². The first-order chi connectivity index (χ1) is 10.8. The molecule has 0 N–H and O–H groups in total. The van der Waals surface area contributed by atoms with Gasteiger partial charge in [-0.1, -0.05) is 44.5 Å². The van der Waals surface area contributed by atoms with Crippen molar-refractivity contribution < 1.29 is 9.47 Å². The van der Waals surface area contributed by atoms with Crippen LogP contribution < -0.4 is 0 Å². The molecule has 23 heavy (non-hydrogen) atoms. The molecule has 4 heteroatoms. The normalized spacial score (nSPS) is 52.6. The van der Waals surface area contributed by atoms with Gasteiger partial charge in [0.1, 0.15) is 17.3 Å². The van der Waals surface area contributed by atoms with E-state index in [1.165, 1.54) is 19.3 Å². The van der Waals surface area contributed by atoms with Crippen LogP contribution in [-0.2, 0) is 9.47 Å². The van der Waals surface area contributed by atoms with Gasteiger partial charge in [-0.2, -0.15) is 0 Å². The SMILES string of the molecule is [B][C@]12CCC3(C)OC(S)(C4=CCOC4=C)CC3C1CCCC2C. The highest BCUT2D eigenvalue weighted by molar-refractivity contribution is 7.81. The molecule has 1 saturated heterocycles. The molecule has 0 aromatic heterocycles. The van der Waals surface area contributed by atoms with Crippen molar-refractivity contribution in [3.05, 3.63) is 24.0 Å². The van der Waals surface area contributed by atoms with Crippen LogP contribution in [0.1, 0.15) is 52.4 Å². The van der Waals surface area contributed by atoms with Crippen molar-refractivity contribution in [2.45, 2.75) is 68.2 Å². The van der Waals surface area contributed by atoms with E-state index >= 15 is 0 Å². The molecule has 0 bridgehead atoms. The van der Waals surface area contributed by atoms with Crippen LogP contribution in [0, 0.1) is 17.8 Å². The highest BCUT2D eigenvalue weighted by atomic mass is 32.1. The monoisotopic (exact) mass is 330 g/mol. The third-order valence-corrected chi connectivity index (χ3v) is 7.76. The van der Waals surface area contributed by atoms with Crippen molar-refractivity contribution in [2.24, 2.45) is 17.8 Å². The largest absolute Gasteiger partial charge is 0.490 e. The summed E-state index contributed by atoms with van der Waals surface area (Å²) >= 11 is 4.98. The smallest absolute Gasteiger partial charge is 0.140 e. The number of fused-ring (bicyclic) bond motifs is 3. The van der Waals surface area contributed by atoms with Gasteiger partial charge in [0.15, 0.2) is 0 Å². The lowest BCUT2D eigenvalue weighted by atomic mass is 9.41. The van der Waals surface area contributed by atoms with Crippen molar-refractivity contribution in [1.29, 1.82) is 0 Å². The van der Waals surface area contributed by atoms with Gasteiger partial charge < -0.3 is 9.47 Å². The topological polar surface area (TPSA) is 18.5 Å². The molecule has 3 fully saturated rings. The summed E-state index contributed by atoms with van der Waals surface area (Å²) in [6.07, 6.45) is 8.86. The fourth-order valence-electron chi connectivity index (χ4n) is 5.80. The van der Waals surface area contributed by atoms with E-state index in [4.69, 9.17) is 29.9 Å². The van der Waals surface area contributed by atoms with Gasteiger partial charge in [-0.15, -0.1) is 12.6 Å². The minimum absolute atomic E-state index is 0.0254. The maximum atomic E-state index is 6.95. The van der Waals surface area contributed by atoms with E-state index in [1.807, 2.05) is 0 Å². The molecular weight excluding hydrogens is 303 g/mol. The first-order valence-corrected chi connectivity index (χ1v) is 9.47. The number of rotatable bonds is 1. The number of hydrogen-bond donors (Lipinski definition) is 1. The molecule has 2 aliphatic heterocycles. The van der Waals surface area contributed by atoms with Crippen molar-refractivity contribution in [2.75, 3.05) is 6.61 Å². The third-order valence-electron chi connectivity index (χ3n) is 7.25. The van der Waals surface area contributed by atoms with E-state index in [-0.39, 0.29) is 10.9 Å². The molecule has 0 spiro atoms. The zero-order valence-corrected chi connectivity index (χ0v) is 15.2. The fraction of sp³-hybridized carbons (Fsp3) is 0.789. The molecule has 2 radical (unpaired) electrons. The molecule has 4 rings (SSSR count). The van der Waals surface area contributed by atoms with Crippen LogP contribution in [0.15, 0.2) is 24.0 Å². The van der Waals surface area contributed by atoms with Crippen LogP contribution in [0.4, 0.5) is 0 Å². The zero-order chi connectivity index (χ0) is 16.5. The number of thiol groups is 1. The summed E-state index contributed by atoms with van der Waals surface area (Å²) < 4.78 is 12.2. The Kier molecular flexibility index (Phi) is 3.56. The van der Waals surface area contributed by atoms with E-state index in [1.54, 1.807) is 0 Å². The predicted molar refractivity (Wildman–Crippen MR) is 96.7 cm³/mol. The lowest BCUT2D eigenvalue weighted by Gasteiger charge is -2.57. The minimum atomic E-state index is -0.571. The summed E-state index contributed by atoms with van der Waals surface area (Å²) in [5.41, 5.74) is 0.902. The van der Waals surface area contributed by atoms with Gasteiger partial charge in [0.2, 0.25) is 0 Å². The zero-order valence-electron chi connectivity index (χ0n) is 14.3. The molecule has 0 aromatic rings. The highest BCUT2D eigenvalue weighted by Crippen LogP contribution is 2.67. The summed E-state index contributed by atoms with van der Waals surface area (Å²) in [6, 6.07) is 0. The van der Waals surface area contributed by atoms with E-state index in [0.717, 1.165) is 30.6 Å². The van der Waals surface area contributed by atoms with Crippen molar-refractivity contribution in [1.82, 2.24) is 0 Å². The Balaban J connectivity index is 1.68. The molecule has 124 valence electrons. The maximum absolute atomic E-state index is 6.95. The second kappa shape index (κ2) is 5.08. The quantitative estimate of drug-likeness (QED) is 0.566. The van der Waals surface area contributed by atoms with Crippen LogP contribution in [0.5, 0.6) is 0 Å². The lowest BCUT2D eigenvalue weighted by molar-refractivity contribution is -0.0975. The van der Waals surface area contributed by atoms with Gasteiger partial charge in [0, 0.05) is 5.57 Å². The van der Waals surface area contributed by atoms with Gasteiger partial charge in [0.05, 0.1) is 13.4 Å². The lowest BCUT2D eigenvalue weighted by Crippen LogP contribution is -2.50. The summed E-state index contributed by atoms with van der Waals surface area (Å²) in [7, 11) is 6.95. The highest BCUT2D eigenvalue weighted by Gasteiger charge is 2.62. The summed E-state index contributed by atoms with van der Waals surface area (Å²) in [6.45, 7) is 9.23. The summed E-state index contributed by atoms with van der Waals surface area (Å²) in [5.74, 6) is 2.33. The number of hydrogen-bond acceptors (Lipinski definition) is 3. The molecule has 2 heterocycles. The Morgan fingerprint density at radius 1 is 1.30 bits per heavy atom. The fourth-order valence-corrected chi connectivity index (χ4v) is 6.42. The second-order valence-corrected chi connectivity index (χ2v) is 9.13. The van der Waals surface area contributed by atoms with Crippen molar-refractivity contribution in [3.63, 3.8) is 0 Å². The van der Waals surface area contributed by atoms with Crippen LogP contribution >= 0.6 is 12.6 Å². The summed E-state index contributed by atoms with van der Waals surface area (Å²) in [4.78, 5) is -0.571. The van der Waals surface area contributed by atoms with E-state index in [2.05, 4.69) is 26.5 Å². The van der Waals surface area contributed by atoms with E-state index in [9.17, 15) is 0 Å². The Hall–Kier alpha value is -0.345.